The van der Waals surface area contributed by atoms with Crippen LogP contribution in [-0.2, 0) is 9.63 Å². The molecule has 0 aliphatic heterocycles. The van der Waals surface area contributed by atoms with Crippen molar-refractivity contribution in [3.05, 3.63) is 58.1 Å². The maximum absolute atomic E-state index is 11.8. The van der Waals surface area contributed by atoms with Gasteiger partial charge in [-0.1, -0.05) is 38.8 Å². The molecule has 0 aromatic heterocycles. The van der Waals surface area contributed by atoms with Gasteiger partial charge in [0.1, 0.15) is 5.75 Å². The third-order valence-electron chi connectivity index (χ3n) is 3.07. The Kier molecular flexibility index (Phi) is 6.81. The van der Waals surface area contributed by atoms with E-state index in [0.29, 0.717) is 12.4 Å². The molecule has 2 aromatic rings. The molecule has 2 rings (SSSR count). The number of carbonyl (C=O) groups excluding carboxylic acids is 1. The highest BCUT2D eigenvalue weighted by Gasteiger charge is 2.04. The predicted octanol–water partition coefficient (Wildman–Crippen LogP) is 4.15. The van der Waals surface area contributed by atoms with Crippen LogP contribution >= 0.6 is 15.9 Å². The summed E-state index contributed by atoms with van der Waals surface area (Å²) in [6.45, 7) is 4.29. The van der Waals surface area contributed by atoms with Crippen molar-refractivity contribution in [1.29, 1.82) is 0 Å². The van der Waals surface area contributed by atoms with Gasteiger partial charge in [0, 0.05) is 15.7 Å². The van der Waals surface area contributed by atoms with Crippen LogP contribution in [0.5, 0.6) is 5.75 Å². The Morgan fingerprint density at radius 2 is 2.00 bits per heavy atom. The number of carbonyl (C=O) groups is 1. The Labute approximate surface area is 149 Å². The number of nitrogens with one attached hydrogen (secondary N) is 1. The van der Waals surface area contributed by atoms with Crippen LogP contribution in [0, 0.1) is 6.92 Å². The van der Waals surface area contributed by atoms with Crippen LogP contribution in [0.25, 0.3) is 0 Å². The van der Waals surface area contributed by atoms with Crippen LogP contribution in [0.4, 0.5) is 5.69 Å². The Morgan fingerprint density at radius 1 is 1.25 bits per heavy atom. The van der Waals surface area contributed by atoms with Crippen LogP contribution in [-0.4, -0.2) is 25.3 Å². The van der Waals surface area contributed by atoms with E-state index >= 15 is 0 Å². The van der Waals surface area contributed by atoms with Gasteiger partial charge in [-0.05, 0) is 44.2 Å². The van der Waals surface area contributed by atoms with Gasteiger partial charge in [0.05, 0.1) is 12.8 Å². The zero-order chi connectivity index (χ0) is 17.4. The van der Waals surface area contributed by atoms with E-state index in [0.717, 1.165) is 21.3 Å². The fourth-order valence-electron chi connectivity index (χ4n) is 1.93. The molecule has 0 saturated carbocycles. The summed E-state index contributed by atoms with van der Waals surface area (Å²) in [5.41, 5.74) is 2.63. The van der Waals surface area contributed by atoms with Gasteiger partial charge in [-0.2, -0.15) is 0 Å². The molecule has 0 atom stereocenters. The Morgan fingerprint density at radius 3 is 2.71 bits per heavy atom. The first-order chi connectivity index (χ1) is 11.6. The van der Waals surface area contributed by atoms with Gasteiger partial charge < -0.3 is 14.9 Å². The van der Waals surface area contributed by atoms with Crippen molar-refractivity contribution in [3.8, 4) is 5.75 Å². The minimum absolute atomic E-state index is 0.164. The zero-order valence-corrected chi connectivity index (χ0v) is 15.2. The van der Waals surface area contributed by atoms with E-state index in [1.165, 1.54) is 6.21 Å². The monoisotopic (exact) mass is 390 g/mol. The van der Waals surface area contributed by atoms with Gasteiger partial charge in [-0.25, -0.2) is 0 Å². The standard InChI is InChI=1S/C18H19BrN2O3/c1-3-23-17-9-6-15(19)10-14(17)11-20-24-12-18(22)21-16-7-4-13(2)5-8-16/h4-11H,3,12H2,1-2H3,(H,21,22). The van der Waals surface area contributed by atoms with E-state index in [1.54, 1.807) is 0 Å². The number of aryl methyl sites for hydroxylation is 1. The topological polar surface area (TPSA) is 59.9 Å². The molecular formula is C18H19BrN2O3. The van der Waals surface area contributed by atoms with Crippen molar-refractivity contribution in [2.24, 2.45) is 5.16 Å². The molecule has 0 radical (unpaired) electrons. The summed E-state index contributed by atoms with van der Waals surface area (Å²) >= 11 is 3.40. The lowest BCUT2D eigenvalue weighted by molar-refractivity contribution is -0.120. The van der Waals surface area contributed by atoms with Gasteiger partial charge in [0.15, 0.2) is 6.61 Å². The van der Waals surface area contributed by atoms with Crippen molar-refractivity contribution in [2.45, 2.75) is 13.8 Å². The minimum Gasteiger partial charge on any atom is -0.493 e. The van der Waals surface area contributed by atoms with E-state index in [9.17, 15) is 4.79 Å². The van der Waals surface area contributed by atoms with E-state index in [2.05, 4.69) is 26.4 Å². The number of nitrogens with zero attached hydrogens (tertiary/aromatic N) is 1. The number of halogens is 1. The summed E-state index contributed by atoms with van der Waals surface area (Å²) in [5.74, 6) is 0.437. The van der Waals surface area contributed by atoms with Crippen LogP contribution in [0.1, 0.15) is 18.1 Å². The molecule has 5 nitrogen and oxygen atoms in total. The van der Waals surface area contributed by atoms with Crippen molar-refractivity contribution in [1.82, 2.24) is 0 Å². The quantitative estimate of drug-likeness (QED) is 0.570. The summed E-state index contributed by atoms with van der Waals surface area (Å²) in [5, 5.41) is 6.57. The summed E-state index contributed by atoms with van der Waals surface area (Å²) in [6.07, 6.45) is 1.52. The van der Waals surface area contributed by atoms with Crippen LogP contribution < -0.4 is 10.1 Å². The molecule has 0 unspecified atom stereocenters. The van der Waals surface area contributed by atoms with Crippen LogP contribution in [0.15, 0.2) is 52.1 Å². The van der Waals surface area contributed by atoms with Gasteiger partial charge in [-0.3, -0.25) is 4.79 Å². The average molecular weight is 391 g/mol. The van der Waals surface area contributed by atoms with E-state index in [4.69, 9.17) is 9.57 Å². The lowest BCUT2D eigenvalue weighted by atomic mass is 10.2. The van der Waals surface area contributed by atoms with Gasteiger partial charge in [0.2, 0.25) is 0 Å². The summed E-state index contributed by atoms with van der Waals surface area (Å²) in [7, 11) is 0. The molecule has 0 aliphatic carbocycles. The number of rotatable bonds is 7. The number of oxime groups is 1. The molecule has 0 heterocycles. The van der Waals surface area contributed by atoms with Gasteiger partial charge in [-0.15, -0.1) is 0 Å². The largest absolute Gasteiger partial charge is 0.493 e. The predicted molar refractivity (Wildman–Crippen MR) is 98.7 cm³/mol. The van der Waals surface area contributed by atoms with E-state index < -0.39 is 0 Å². The molecule has 1 amide bonds. The van der Waals surface area contributed by atoms with Gasteiger partial charge >= 0.3 is 0 Å². The molecule has 0 fully saturated rings. The summed E-state index contributed by atoms with van der Waals surface area (Å²) in [6, 6.07) is 13.1. The van der Waals surface area contributed by atoms with Crippen molar-refractivity contribution >= 4 is 33.7 Å². The molecule has 2 aromatic carbocycles. The van der Waals surface area contributed by atoms with E-state index in [1.807, 2.05) is 56.3 Å². The van der Waals surface area contributed by atoms with Gasteiger partial charge in [0.25, 0.3) is 5.91 Å². The highest BCUT2D eigenvalue weighted by atomic mass is 79.9. The molecule has 1 N–H and O–H groups in total. The first kappa shape index (κ1) is 18.0. The number of benzene rings is 2. The first-order valence-corrected chi connectivity index (χ1v) is 8.32. The number of hydrogen-bond donors (Lipinski definition) is 1. The highest BCUT2D eigenvalue weighted by molar-refractivity contribution is 9.10. The molecule has 24 heavy (non-hydrogen) atoms. The number of ether oxygens (including phenoxy) is 1. The normalized spacial score (nSPS) is 10.6. The maximum atomic E-state index is 11.8. The smallest absolute Gasteiger partial charge is 0.265 e. The SMILES string of the molecule is CCOc1ccc(Br)cc1C=NOCC(=O)Nc1ccc(C)cc1. The molecule has 0 saturated heterocycles. The molecule has 126 valence electrons. The average Bonchev–Trinajstić information content (AvgIpc) is 2.56. The fraction of sp³-hybridized carbons (Fsp3) is 0.222. The number of anilines is 1. The Bertz CT molecular complexity index is 715. The molecule has 0 spiro atoms. The second kappa shape index (κ2) is 9.08. The summed E-state index contributed by atoms with van der Waals surface area (Å²) < 4.78 is 6.42. The second-order valence-electron chi connectivity index (χ2n) is 5.04. The molecular weight excluding hydrogens is 372 g/mol. The Hall–Kier alpha value is -2.34. The third-order valence-corrected chi connectivity index (χ3v) is 3.56. The third kappa shape index (κ3) is 5.70. The van der Waals surface area contributed by atoms with Crippen molar-refractivity contribution in [3.63, 3.8) is 0 Å². The lowest BCUT2D eigenvalue weighted by Crippen LogP contribution is -2.16. The maximum Gasteiger partial charge on any atom is 0.265 e. The fourth-order valence-corrected chi connectivity index (χ4v) is 2.31. The van der Waals surface area contributed by atoms with E-state index in [-0.39, 0.29) is 12.5 Å². The van der Waals surface area contributed by atoms with Crippen LogP contribution in [0.3, 0.4) is 0 Å². The zero-order valence-electron chi connectivity index (χ0n) is 13.6. The minimum atomic E-state index is -0.268. The number of amides is 1. The van der Waals surface area contributed by atoms with Crippen molar-refractivity contribution in [2.75, 3.05) is 18.5 Å². The van der Waals surface area contributed by atoms with Crippen molar-refractivity contribution < 1.29 is 14.4 Å². The second-order valence-corrected chi connectivity index (χ2v) is 5.95. The lowest BCUT2D eigenvalue weighted by Gasteiger charge is -2.07. The first-order valence-electron chi connectivity index (χ1n) is 7.52. The summed E-state index contributed by atoms with van der Waals surface area (Å²) in [4.78, 5) is 16.8. The molecule has 0 aliphatic rings. The molecule has 0 bridgehead atoms. The Balaban J connectivity index is 1.87. The number of hydrogen-bond acceptors (Lipinski definition) is 4. The molecule has 6 heteroatoms. The van der Waals surface area contributed by atoms with Crippen LogP contribution in [0.2, 0.25) is 0 Å². The highest BCUT2D eigenvalue weighted by Crippen LogP contribution is 2.21.